The topological polar surface area (TPSA) is 52.7 Å². The van der Waals surface area contributed by atoms with E-state index in [1.54, 1.807) is 6.92 Å². The molecule has 1 saturated carbocycles. The molecule has 120 valence electrons. The number of piperazine rings is 1. The molecule has 0 aromatic heterocycles. The number of nitrogens with zero attached hydrogens (tertiary/aromatic N) is 2. The zero-order chi connectivity index (χ0) is 15.4. The van der Waals surface area contributed by atoms with Crippen LogP contribution in [-0.4, -0.2) is 60.4 Å². The molecule has 21 heavy (non-hydrogen) atoms. The fourth-order valence-electron chi connectivity index (χ4n) is 3.46. The highest BCUT2D eigenvalue weighted by Gasteiger charge is 2.28. The van der Waals surface area contributed by atoms with Gasteiger partial charge in [0.05, 0.1) is 6.54 Å². The molecule has 0 bridgehead atoms. The van der Waals surface area contributed by atoms with Crippen LogP contribution in [0.3, 0.4) is 0 Å². The normalized spacial score (nSPS) is 31.0. The number of carbonyl (C=O) groups excluding carboxylic acids is 2. The van der Waals surface area contributed by atoms with E-state index in [0.717, 1.165) is 32.6 Å². The molecule has 0 aromatic carbocycles. The Labute approximate surface area is 128 Å². The lowest BCUT2D eigenvalue weighted by Crippen LogP contribution is -2.52. The smallest absolute Gasteiger partial charge is 0.234 e. The highest BCUT2D eigenvalue weighted by molar-refractivity contribution is 5.78. The van der Waals surface area contributed by atoms with Crippen molar-refractivity contribution in [2.45, 2.75) is 46.1 Å². The summed E-state index contributed by atoms with van der Waals surface area (Å²) in [6, 6.07) is 0.333. The van der Waals surface area contributed by atoms with Gasteiger partial charge < -0.3 is 10.2 Å². The Morgan fingerprint density at radius 2 is 1.76 bits per heavy atom. The first-order chi connectivity index (χ1) is 9.97. The third-order valence-electron chi connectivity index (χ3n) is 5.24. The summed E-state index contributed by atoms with van der Waals surface area (Å²) in [6.45, 7) is 9.66. The first-order valence-electron chi connectivity index (χ1n) is 8.24. The van der Waals surface area contributed by atoms with Gasteiger partial charge in [0, 0.05) is 39.1 Å². The number of rotatable bonds is 3. The van der Waals surface area contributed by atoms with Gasteiger partial charge in [0.25, 0.3) is 0 Å². The lowest BCUT2D eigenvalue weighted by molar-refractivity contribution is -0.131. The number of hydrogen-bond acceptors (Lipinski definition) is 3. The van der Waals surface area contributed by atoms with Crippen molar-refractivity contribution < 1.29 is 9.59 Å². The van der Waals surface area contributed by atoms with Gasteiger partial charge in [-0.1, -0.05) is 26.7 Å². The van der Waals surface area contributed by atoms with Gasteiger partial charge in [-0.25, -0.2) is 0 Å². The fraction of sp³-hybridized carbons (Fsp3) is 0.875. The zero-order valence-corrected chi connectivity index (χ0v) is 13.6. The minimum absolute atomic E-state index is 0.129. The third-order valence-corrected chi connectivity index (χ3v) is 5.24. The van der Waals surface area contributed by atoms with Gasteiger partial charge in [0.1, 0.15) is 0 Å². The van der Waals surface area contributed by atoms with Crippen molar-refractivity contribution >= 4 is 11.8 Å². The standard InChI is InChI=1S/C16H29N3O2/c1-12-5-4-6-15(13(12)2)17-16(21)11-18-7-9-19(10-8-18)14(3)20/h12-13,15H,4-11H2,1-3H3,(H,17,21)/t12-,13-,15+/m1/s1. The summed E-state index contributed by atoms with van der Waals surface area (Å²) in [4.78, 5) is 27.5. The van der Waals surface area contributed by atoms with Crippen molar-refractivity contribution in [3.63, 3.8) is 0 Å². The minimum atomic E-state index is 0.129. The summed E-state index contributed by atoms with van der Waals surface area (Å²) in [6.07, 6.45) is 3.60. The van der Waals surface area contributed by atoms with Crippen LogP contribution in [0.2, 0.25) is 0 Å². The van der Waals surface area contributed by atoms with Crippen molar-refractivity contribution in [2.75, 3.05) is 32.7 Å². The highest BCUT2D eigenvalue weighted by Crippen LogP contribution is 2.29. The summed E-state index contributed by atoms with van der Waals surface area (Å²) < 4.78 is 0. The Morgan fingerprint density at radius 3 is 2.38 bits per heavy atom. The van der Waals surface area contributed by atoms with E-state index in [9.17, 15) is 9.59 Å². The van der Waals surface area contributed by atoms with Crippen LogP contribution in [0.25, 0.3) is 0 Å². The fourth-order valence-corrected chi connectivity index (χ4v) is 3.46. The van der Waals surface area contributed by atoms with Crippen LogP contribution in [-0.2, 0) is 9.59 Å². The maximum Gasteiger partial charge on any atom is 0.234 e. The van der Waals surface area contributed by atoms with Gasteiger partial charge in [-0.2, -0.15) is 0 Å². The van der Waals surface area contributed by atoms with E-state index in [2.05, 4.69) is 24.1 Å². The Balaban J connectivity index is 1.74. The van der Waals surface area contributed by atoms with Crippen LogP contribution in [0, 0.1) is 11.8 Å². The number of nitrogens with one attached hydrogen (secondary N) is 1. The molecular weight excluding hydrogens is 266 g/mol. The predicted molar refractivity (Wildman–Crippen MR) is 82.8 cm³/mol. The molecule has 0 unspecified atom stereocenters. The summed E-state index contributed by atoms with van der Waals surface area (Å²) >= 11 is 0. The summed E-state index contributed by atoms with van der Waals surface area (Å²) in [7, 11) is 0. The minimum Gasteiger partial charge on any atom is -0.352 e. The molecule has 2 amide bonds. The Kier molecular flexibility index (Phi) is 5.62. The maximum absolute atomic E-state index is 12.2. The van der Waals surface area contributed by atoms with Crippen LogP contribution in [0.5, 0.6) is 0 Å². The molecule has 2 aliphatic rings. The lowest BCUT2D eigenvalue weighted by Gasteiger charge is -2.36. The average Bonchev–Trinajstić information content (AvgIpc) is 2.44. The Morgan fingerprint density at radius 1 is 1.10 bits per heavy atom. The average molecular weight is 295 g/mol. The van der Waals surface area contributed by atoms with Gasteiger partial charge >= 0.3 is 0 Å². The SMILES string of the molecule is CC(=O)N1CCN(CC(=O)N[C@H]2CCC[C@@H](C)[C@H]2C)CC1. The molecule has 0 aromatic rings. The molecule has 2 rings (SSSR count). The van der Waals surface area contributed by atoms with Crippen molar-refractivity contribution in [3.8, 4) is 0 Å². The van der Waals surface area contributed by atoms with Crippen molar-refractivity contribution in [1.29, 1.82) is 0 Å². The van der Waals surface area contributed by atoms with Gasteiger partial charge in [-0.15, -0.1) is 0 Å². The van der Waals surface area contributed by atoms with E-state index in [-0.39, 0.29) is 11.8 Å². The van der Waals surface area contributed by atoms with Gasteiger partial charge in [0.2, 0.25) is 11.8 Å². The molecule has 5 nitrogen and oxygen atoms in total. The van der Waals surface area contributed by atoms with Crippen LogP contribution < -0.4 is 5.32 Å². The molecular formula is C16H29N3O2. The maximum atomic E-state index is 12.2. The molecule has 2 fully saturated rings. The van der Waals surface area contributed by atoms with Crippen LogP contribution in [0.1, 0.15) is 40.0 Å². The third kappa shape index (κ3) is 4.43. The molecule has 1 saturated heterocycles. The first-order valence-corrected chi connectivity index (χ1v) is 8.24. The largest absolute Gasteiger partial charge is 0.352 e. The monoisotopic (exact) mass is 295 g/mol. The molecule has 1 aliphatic carbocycles. The molecule has 1 aliphatic heterocycles. The second-order valence-electron chi connectivity index (χ2n) is 6.72. The van der Waals surface area contributed by atoms with E-state index >= 15 is 0 Å². The van der Waals surface area contributed by atoms with Gasteiger partial charge in [0.15, 0.2) is 0 Å². The Hall–Kier alpha value is -1.10. The van der Waals surface area contributed by atoms with Crippen LogP contribution >= 0.6 is 0 Å². The molecule has 0 spiro atoms. The molecule has 3 atom stereocenters. The van der Waals surface area contributed by atoms with Crippen LogP contribution in [0.4, 0.5) is 0 Å². The van der Waals surface area contributed by atoms with E-state index < -0.39 is 0 Å². The van der Waals surface area contributed by atoms with Gasteiger partial charge in [-0.05, 0) is 18.3 Å². The first kappa shape index (κ1) is 16.3. The number of hydrogen-bond donors (Lipinski definition) is 1. The zero-order valence-electron chi connectivity index (χ0n) is 13.6. The van der Waals surface area contributed by atoms with E-state index in [1.807, 2.05) is 4.90 Å². The summed E-state index contributed by atoms with van der Waals surface area (Å²) in [5, 5.41) is 3.22. The quantitative estimate of drug-likeness (QED) is 0.848. The second-order valence-corrected chi connectivity index (χ2v) is 6.72. The highest BCUT2D eigenvalue weighted by atomic mass is 16.2. The van der Waals surface area contributed by atoms with Crippen LogP contribution in [0.15, 0.2) is 0 Å². The van der Waals surface area contributed by atoms with Crippen molar-refractivity contribution in [2.24, 2.45) is 11.8 Å². The molecule has 1 N–H and O–H groups in total. The Bertz CT molecular complexity index is 378. The van der Waals surface area contributed by atoms with Gasteiger partial charge in [-0.3, -0.25) is 14.5 Å². The second kappa shape index (κ2) is 7.25. The number of carbonyl (C=O) groups is 2. The molecule has 5 heteroatoms. The summed E-state index contributed by atoms with van der Waals surface area (Å²) in [5.41, 5.74) is 0. The van der Waals surface area contributed by atoms with Crippen molar-refractivity contribution in [1.82, 2.24) is 15.1 Å². The van der Waals surface area contributed by atoms with E-state index in [0.29, 0.717) is 24.4 Å². The number of amides is 2. The summed E-state index contributed by atoms with van der Waals surface area (Å²) in [5.74, 6) is 1.53. The molecule has 0 radical (unpaired) electrons. The van der Waals surface area contributed by atoms with Crippen molar-refractivity contribution in [3.05, 3.63) is 0 Å². The molecule has 1 heterocycles. The van der Waals surface area contributed by atoms with E-state index in [4.69, 9.17) is 0 Å². The van der Waals surface area contributed by atoms with E-state index in [1.165, 1.54) is 12.8 Å². The lowest BCUT2D eigenvalue weighted by atomic mass is 9.78. The predicted octanol–water partition coefficient (Wildman–Crippen LogP) is 1.09.